The quantitative estimate of drug-likeness (QED) is 0.611. The number of halogens is 2. The first-order valence-electron chi connectivity index (χ1n) is 10.3. The van der Waals surface area contributed by atoms with Crippen LogP contribution >= 0.6 is 0 Å². The summed E-state index contributed by atoms with van der Waals surface area (Å²) >= 11 is 0. The molecule has 0 bridgehead atoms. The van der Waals surface area contributed by atoms with Gasteiger partial charge in [0.05, 0.1) is 25.1 Å². The number of benzene rings is 1. The van der Waals surface area contributed by atoms with Gasteiger partial charge in [-0.15, -0.1) is 0 Å². The number of piperidine rings is 1. The standard InChI is InChI=1S/C23H22F2N6O2/c1-27-18-5-4-13(10-16(18)24)19-20(14-11-17(25)22(33-3)28-12-14)30(2)23(32)21(29-19)31-8-6-15(26)7-9-31/h4-5,10-12,15H,6-9,26H2,2-3H3. The lowest BCUT2D eigenvalue weighted by atomic mass is 10.0. The molecule has 3 heterocycles. The average Bonchev–Trinajstić information content (AvgIpc) is 2.81. The summed E-state index contributed by atoms with van der Waals surface area (Å²) in [5, 5.41) is 0. The Bertz CT molecular complexity index is 1310. The van der Waals surface area contributed by atoms with E-state index in [2.05, 4.69) is 14.8 Å². The van der Waals surface area contributed by atoms with Gasteiger partial charge in [-0.3, -0.25) is 4.79 Å². The van der Waals surface area contributed by atoms with Crippen molar-refractivity contribution >= 4 is 11.5 Å². The first-order chi connectivity index (χ1) is 15.8. The van der Waals surface area contributed by atoms with E-state index in [0.717, 1.165) is 0 Å². The number of rotatable bonds is 4. The zero-order valence-corrected chi connectivity index (χ0v) is 18.2. The molecule has 0 spiro atoms. The number of nitrogens with zero attached hydrogens (tertiary/aromatic N) is 5. The second kappa shape index (κ2) is 8.96. The normalized spacial score (nSPS) is 14.2. The van der Waals surface area contributed by atoms with Crippen molar-refractivity contribution in [3.63, 3.8) is 0 Å². The maximum absolute atomic E-state index is 14.5. The Hall–Kier alpha value is -3.84. The lowest BCUT2D eigenvalue weighted by molar-refractivity contribution is 0.369. The van der Waals surface area contributed by atoms with Crippen LogP contribution in [0, 0.1) is 18.2 Å². The second-order valence-electron chi connectivity index (χ2n) is 7.81. The fraction of sp³-hybridized carbons (Fsp3) is 0.304. The van der Waals surface area contributed by atoms with Crippen LogP contribution in [-0.2, 0) is 7.05 Å². The van der Waals surface area contributed by atoms with Crippen molar-refractivity contribution in [1.82, 2.24) is 14.5 Å². The largest absolute Gasteiger partial charge is 0.479 e. The number of hydrogen-bond acceptors (Lipinski definition) is 6. The highest BCUT2D eigenvalue weighted by molar-refractivity contribution is 5.80. The number of aromatic nitrogens is 3. The van der Waals surface area contributed by atoms with Gasteiger partial charge in [0.2, 0.25) is 11.6 Å². The summed E-state index contributed by atoms with van der Waals surface area (Å²) in [5.41, 5.74) is 6.64. The number of pyridine rings is 1. The molecule has 10 heteroatoms. The van der Waals surface area contributed by atoms with Crippen LogP contribution < -0.4 is 20.9 Å². The van der Waals surface area contributed by atoms with E-state index in [-0.39, 0.29) is 45.9 Å². The highest BCUT2D eigenvalue weighted by Crippen LogP contribution is 2.34. The lowest BCUT2D eigenvalue weighted by Gasteiger charge is -2.31. The molecule has 0 saturated carbocycles. The van der Waals surface area contributed by atoms with E-state index in [1.165, 1.54) is 36.1 Å². The van der Waals surface area contributed by atoms with Crippen molar-refractivity contribution < 1.29 is 13.5 Å². The zero-order valence-electron chi connectivity index (χ0n) is 18.2. The third-order valence-corrected chi connectivity index (χ3v) is 5.73. The zero-order chi connectivity index (χ0) is 23.7. The van der Waals surface area contributed by atoms with Gasteiger partial charge in [0.25, 0.3) is 5.56 Å². The van der Waals surface area contributed by atoms with Crippen molar-refractivity contribution in [2.45, 2.75) is 18.9 Å². The third-order valence-electron chi connectivity index (χ3n) is 5.73. The van der Waals surface area contributed by atoms with E-state index in [9.17, 15) is 13.6 Å². The topological polar surface area (TPSA) is 90.6 Å². The number of methoxy groups -OCH3 is 1. The van der Waals surface area contributed by atoms with Gasteiger partial charge in [-0.05, 0) is 25.0 Å². The van der Waals surface area contributed by atoms with Gasteiger partial charge in [-0.25, -0.2) is 23.6 Å². The van der Waals surface area contributed by atoms with Crippen LogP contribution in [0.1, 0.15) is 12.8 Å². The molecule has 8 nitrogen and oxygen atoms in total. The summed E-state index contributed by atoms with van der Waals surface area (Å²) in [6.45, 7) is 8.21. The monoisotopic (exact) mass is 452 g/mol. The molecule has 1 saturated heterocycles. The van der Waals surface area contributed by atoms with Crippen molar-refractivity contribution in [1.29, 1.82) is 0 Å². The van der Waals surface area contributed by atoms with Crippen LogP contribution in [0.2, 0.25) is 0 Å². The van der Waals surface area contributed by atoms with E-state index in [1.807, 2.05) is 4.90 Å². The summed E-state index contributed by atoms with van der Waals surface area (Å²) in [4.78, 5) is 26.9. The maximum Gasteiger partial charge on any atom is 0.293 e. The molecule has 2 aromatic heterocycles. The molecule has 0 radical (unpaired) electrons. The van der Waals surface area contributed by atoms with E-state index in [0.29, 0.717) is 31.5 Å². The predicted molar refractivity (Wildman–Crippen MR) is 120 cm³/mol. The molecule has 2 N–H and O–H groups in total. The smallest absolute Gasteiger partial charge is 0.293 e. The van der Waals surface area contributed by atoms with Crippen molar-refractivity contribution in [2.24, 2.45) is 12.8 Å². The third kappa shape index (κ3) is 4.15. The molecule has 1 aliphatic rings. The molecular weight excluding hydrogens is 430 g/mol. The van der Waals surface area contributed by atoms with Gasteiger partial charge in [-0.2, -0.15) is 0 Å². The summed E-state index contributed by atoms with van der Waals surface area (Å²) in [5.74, 6) is -1.41. The molecule has 0 aliphatic carbocycles. The Balaban J connectivity index is 1.96. The lowest BCUT2D eigenvalue weighted by Crippen LogP contribution is -2.43. The minimum absolute atomic E-state index is 0.0625. The number of ether oxygens (including phenoxy) is 1. The van der Waals surface area contributed by atoms with Crippen LogP contribution in [0.5, 0.6) is 5.88 Å². The first kappa shape index (κ1) is 22.4. The molecule has 1 aliphatic heterocycles. The number of anilines is 1. The van der Waals surface area contributed by atoms with Crippen LogP contribution in [0.15, 0.2) is 35.3 Å². The molecule has 0 unspecified atom stereocenters. The Morgan fingerprint density at radius 2 is 1.88 bits per heavy atom. The van der Waals surface area contributed by atoms with Crippen molar-refractivity contribution in [2.75, 3.05) is 25.1 Å². The minimum Gasteiger partial charge on any atom is -0.479 e. The Morgan fingerprint density at radius 1 is 1.18 bits per heavy atom. The summed E-state index contributed by atoms with van der Waals surface area (Å²) in [7, 11) is 2.85. The molecular formula is C23H22F2N6O2. The number of nitrogens with two attached hydrogens (primary N) is 1. The fourth-order valence-corrected chi connectivity index (χ4v) is 3.92. The van der Waals surface area contributed by atoms with Crippen LogP contribution in [-0.4, -0.2) is 40.8 Å². The van der Waals surface area contributed by atoms with Gasteiger partial charge in [0, 0.05) is 43.5 Å². The minimum atomic E-state index is -0.714. The molecule has 0 atom stereocenters. The van der Waals surface area contributed by atoms with Crippen LogP contribution in [0.3, 0.4) is 0 Å². The Kier molecular flexibility index (Phi) is 6.07. The van der Waals surface area contributed by atoms with Gasteiger partial charge >= 0.3 is 0 Å². The van der Waals surface area contributed by atoms with E-state index in [1.54, 1.807) is 13.1 Å². The highest BCUT2D eigenvalue weighted by Gasteiger charge is 2.25. The van der Waals surface area contributed by atoms with E-state index < -0.39 is 11.6 Å². The van der Waals surface area contributed by atoms with E-state index >= 15 is 0 Å². The van der Waals surface area contributed by atoms with Gasteiger partial charge in [-0.1, -0.05) is 12.1 Å². The molecule has 33 heavy (non-hydrogen) atoms. The van der Waals surface area contributed by atoms with Gasteiger partial charge in [0.1, 0.15) is 5.82 Å². The average molecular weight is 452 g/mol. The molecule has 170 valence electrons. The first-order valence-corrected chi connectivity index (χ1v) is 10.3. The second-order valence-corrected chi connectivity index (χ2v) is 7.81. The molecule has 1 aromatic carbocycles. The Labute approximate surface area is 189 Å². The molecule has 3 aromatic rings. The van der Waals surface area contributed by atoms with Crippen LogP contribution in [0.4, 0.5) is 20.3 Å². The number of hydrogen-bond donors (Lipinski definition) is 1. The summed E-state index contributed by atoms with van der Waals surface area (Å²) < 4.78 is 35.2. The van der Waals surface area contributed by atoms with Crippen molar-refractivity contribution in [3.8, 4) is 28.4 Å². The maximum atomic E-state index is 14.5. The molecule has 4 rings (SSSR count). The SMILES string of the molecule is [C-]#[N+]c1ccc(-c2nc(N3CCC(N)CC3)c(=O)n(C)c2-c2cnc(OC)c(F)c2)cc1F. The van der Waals surface area contributed by atoms with Gasteiger partial charge < -0.3 is 19.9 Å². The van der Waals surface area contributed by atoms with Gasteiger partial charge in [0.15, 0.2) is 11.6 Å². The fourth-order valence-electron chi connectivity index (χ4n) is 3.92. The summed E-state index contributed by atoms with van der Waals surface area (Å²) in [6, 6.07) is 5.34. The highest BCUT2D eigenvalue weighted by atomic mass is 19.1. The Morgan fingerprint density at radius 3 is 2.48 bits per heavy atom. The van der Waals surface area contributed by atoms with Crippen molar-refractivity contribution in [3.05, 3.63) is 63.9 Å². The summed E-state index contributed by atoms with van der Waals surface area (Å²) in [6.07, 6.45) is 2.79. The van der Waals surface area contributed by atoms with Crippen LogP contribution in [0.25, 0.3) is 27.4 Å². The molecule has 1 fully saturated rings. The predicted octanol–water partition coefficient (Wildman–Crippen LogP) is 3.27. The molecule has 0 amide bonds. The van der Waals surface area contributed by atoms with E-state index in [4.69, 9.17) is 17.0 Å².